The number of nitrogens with one attached hydrogen (secondary N) is 2. The number of para-hydroxylation sites is 3. The summed E-state index contributed by atoms with van der Waals surface area (Å²) in [5, 5.41) is 14.0. The third-order valence-electron chi connectivity index (χ3n) is 4.02. The molecule has 0 aliphatic rings. The molecule has 7 heteroatoms. The largest absolute Gasteiger partial charge is 0.493 e. The lowest BCUT2D eigenvalue weighted by Gasteiger charge is -2.11. The van der Waals surface area contributed by atoms with Gasteiger partial charge in [-0.3, -0.25) is 4.79 Å². The molecular formula is C21H22N4O3. The number of aromatic nitrogens is 2. The van der Waals surface area contributed by atoms with Crippen molar-refractivity contribution >= 4 is 23.2 Å². The zero-order valence-corrected chi connectivity index (χ0v) is 15.8. The van der Waals surface area contributed by atoms with E-state index in [2.05, 4.69) is 33.8 Å². The number of hydrogen-bond acceptors (Lipinski definition) is 6. The maximum atomic E-state index is 12.1. The van der Waals surface area contributed by atoms with Gasteiger partial charge in [0.2, 0.25) is 0 Å². The van der Waals surface area contributed by atoms with Gasteiger partial charge in [0.1, 0.15) is 0 Å². The van der Waals surface area contributed by atoms with Gasteiger partial charge in [0, 0.05) is 5.69 Å². The second-order valence-corrected chi connectivity index (χ2v) is 5.93. The van der Waals surface area contributed by atoms with Crippen molar-refractivity contribution in [3.63, 3.8) is 0 Å². The van der Waals surface area contributed by atoms with Crippen molar-refractivity contribution in [2.24, 2.45) is 0 Å². The van der Waals surface area contributed by atoms with E-state index in [9.17, 15) is 4.79 Å². The molecule has 0 atom stereocenters. The Labute approximate surface area is 163 Å². The third-order valence-corrected chi connectivity index (χ3v) is 4.02. The lowest BCUT2D eigenvalue weighted by atomic mass is 10.1. The van der Waals surface area contributed by atoms with Crippen molar-refractivity contribution in [3.05, 3.63) is 66.2 Å². The Balaban J connectivity index is 1.56. The minimum atomic E-state index is -0.336. The molecule has 28 heavy (non-hydrogen) atoms. The SMILES string of the molecule is CCc1ccccc1Nc1ccc(NC(=O)COc2ccccc2OC)nn1. The molecule has 1 heterocycles. The van der Waals surface area contributed by atoms with Crippen molar-refractivity contribution in [1.29, 1.82) is 0 Å². The molecule has 0 unspecified atom stereocenters. The van der Waals surface area contributed by atoms with E-state index < -0.39 is 0 Å². The summed E-state index contributed by atoms with van der Waals surface area (Å²) in [6, 6.07) is 18.6. The Bertz CT molecular complexity index is 929. The molecule has 0 radical (unpaired) electrons. The molecule has 0 aliphatic heterocycles. The summed E-state index contributed by atoms with van der Waals surface area (Å²) in [4.78, 5) is 12.1. The van der Waals surface area contributed by atoms with Crippen molar-refractivity contribution in [3.8, 4) is 11.5 Å². The van der Waals surface area contributed by atoms with Gasteiger partial charge in [-0.1, -0.05) is 37.3 Å². The number of hydrogen-bond donors (Lipinski definition) is 2. The molecular weight excluding hydrogens is 356 g/mol. The highest BCUT2D eigenvalue weighted by molar-refractivity contribution is 5.91. The zero-order valence-electron chi connectivity index (χ0n) is 15.8. The topological polar surface area (TPSA) is 85.4 Å². The van der Waals surface area contributed by atoms with Crippen molar-refractivity contribution < 1.29 is 14.3 Å². The Hall–Kier alpha value is -3.61. The predicted octanol–water partition coefficient (Wildman–Crippen LogP) is 3.81. The first-order valence-corrected chi connectivity index (χ1v) is 8.94. The van der Waals surface area contributed by atoms with Gasteiger partial charge in [0.05, 0.1) is 7.11 Å². The number of aryl methyl sites for hydroxylation is 1. The first-order valence-electron chi connectivity index (χ1n) is 8.94. The molecule has 0 aliphatic carbocycles. The fourth-order valence-electron chi connectivity index (χ4n) is 2.61. The van der Waals surface area contributed by atoms with Gasteiger partial charge in [-0.15, -0.1) is 10.2 Å². The van der Waals surface area contributed by atoms with E-state index in [4.69, 9.17) is 9.47 Å². The average molecular weight is 378 g/mol. The number of anilines is 3. The highest BCUT2D eigenvalue weighted by atomic mass is 16.5. The predicted molar refractivity (Wildman–Crippen MR) is 108 cm³/mol. The van der Waals surface area contributed by atoms with Crippen LogP contribution in [-0.2, 0) is 11.2 Å². The molecule has 3 aromatic rings. The Morgan fingerprint density at radius 3 is 2.32 bits per heavy atom. The van der Waals surface area contributed by atoms with Crippen LogP contribution < -0.4 is 20.1 Å². The van der Waals surface area contributed by atoms with E-state index in [1.54, 1.807) is 31.4 Å². The number of rotatable bonds is 8. The molecule has 7 nitrogen and oxygen atoms in total. The quantitative estimate of drug-likeness (QED) is 0.620. The van der Waals surface area contributed by atoms with Crippen LogP contribution in [0, 0.1) is 0 Å². The molecule has 2 aromatic carbocycles. The molecule has 1 amide bonds. The number of carbonyl (C=O) groups is 1. The molecule has 0 spiro atoms. The Morgan fingerprint density at radius 1 is 0.929 bits per heavy atom. The van der Waals surface area contributed by atoms with E-state index in [0.717, 1.165) is 12.1 Å². The minimum Gasteiger partial charge on any atom is -0.493 e. The van der Waals surface area contributed by atoms with Gasteiger partial charge < -0.3 is 20.1 Å². The van der Waals surface area contributed by atoms with Gasteiger partial charge in [-0.25, -0.2) is 0 Å². The Kier molecular flexibility index (Phi) is 6.41. The Morgan fingerprint density at radius 2 is 1.61 bits per heavy atom. The standard InChI is InChI=1S/C21H22N4O3/c1-3-15-8-4-5-9-16(15)22-19-12-13-20(25-24-19)23-21(26)14-28-18-11-7-6-10-17(18)27-2/h4-13H,3,14H2,1-2H3,(H,22,24)(H,23,25,26). The van der Waals surface area contributed by atoms with E-state index in [1.165, 1.54) is 5.56 Å². The van der Waals surface area contributed by atoms with Gasteiger partial charge in [0.25, 0.3) is 5.91 Å². The summed E-state index contributed by atoms with van der Waals surface area (Å²) < 4.78 is 10.7. The molecule has 144 valence electrons. The number of methoxy groups -OCH3 is 1. The number of carbonyl (C=O) groups excluding carboxylic acids is 1. The third kappa shape index (κ3) is 4.97. The number of nitrogens with zero attached hydrogens (tertiary/aromatic N) is 2. The average Bonchev–Trinajstić information content (AvgIpc) is 2.74. The molecule has 3 rings (SSSR count). The second-order valence-electron chi connectivity index (χ2n) is 5.93. The van der Waals surface area contributed by atoms with Gasteiger partial charge in [-0.05, 0) is 42.3 Å². The van der Waals surface area contributed by atoms with Crippen LogP contribution in [0.2, 0.25) is 0 Å². The van der Waals surface area contributed by atoms with E-state index in [-0.39, 0.29) is 12.5 Å². The maximum absolute atomic E-state index is 12.1. The highest BCUT2D eigenvalue weighted by Crippen LogP contribution is 2.25. The van der Waals surface area contributed by atoms with Crippen LogP contribution in [0.3, 0.4) is 0 Å². The van der Waals surface area contributed by atoms with E-state index in [1.807, 2.05) is 30.3 Å². The maximum Gasteiger partial charge on any atom is 0.263 e. The lowest BCUT2D eigenvalue weighted by Crippen LogP contribution is -2.21. The number of amides is 1. The summed E-state index contributed by atoms with van der Waals surface area (Å²) in [7, 11) is 1.55. The zero-order chi connectivity index (χ0) is 19.8. The molecule has 0 bridgehead atoms. The van der Waals surface area contributed by atoms with Crippen LogP contribution in [0.1, 0.15) is 12.5 Å². The summed E-state index contributed by atoms with van der Waals surface area (Å²) in [6.07, 6.45) is 0.914. The number of ether oxygens (including phenoxy) is 2. The molecule has 2 N–H and O–H groups in total. The molecule has 0 saturated heterocycles. The van der Waals surface area contributed by atoms with Crippen LogP contribution in [0.4, 0.5) is 17.3 Å². The van der Waals surface area contributed by atoms with Crippen molar-refractivity contribution in [2.75, 3.05) is 24.4 Å². The monoisotopic (exact) mass is 378 g/mol. The van der Waals surface area contributed by atoms with Crippen molar-refractivity contribution in [1.82, 2.24) is 10.2 Å². The second kappa shape index (κ2) is 9.36. The summed E-state index contributed by atoms with van der Waals surface area (Å²) >= 11 is 0. The smallest absolute Gasteiger partial charge is 0.263 e. The van der Waals surface area contributed by atoms with Gasteiger partial charge in [0.15, 0.2) is 29.7 Å². The number of benzene rings is 2. The summed E-state index contributed by atoms with van der Waals surface area (Å²) in [5.41, 5.74) is 2.18. The molecule has 1 aromatic heterocycles. The fraction of sp³-hybridized carbons (Fsp3) is 0.190. The molecule has 0 fully saturated rings. The fourth-order valence-corrected chi connectivity index (χ4v) is 2.61. The van der Waals surface area contributed by atoms with Gasteiger partial charge in [-0.2, -0.15) is 0 Å². The van der Waals surface area contributed by atoms with Crippen LogP contribution in [0.5, 0.6) is 11.5 Å². The first-order chi connectivity index (χ1) is 13.7. The van der Waals surface area contributed by atoms with Crippen LogP contribution >= 0.6 is 0 Å². The highest BCUT2D eigenvalue weighted by Gasteiger charge is 2.09. The van der Waals surface area contributed by atoms with Crippen LogP contribution in [-0.4, -0.2) is 29.8 Å². The summed E-state index contributed by atoms with van der Waals surface area (Å²) in [6.45, 7) is 1.93. The first kappa shape index (κ1) is 19.2. The van der Waals surface area contributed by atoms with E-state index >= 15 is 0 Å². The minimum absolute atomic E-state index is 0.161. The van der Waals surface area contributed by atoms with Crippen LogP contribution in [0.25, 0.3) is 0 Å². The molecule has 0 saturated carbocycles. The summed E-state index contributed by atoms with van der Waals surface area (Å²) in [5.74, 6) is 1.68. The van der Waals surface area contributed by atoms with Gasteiger partial charge >= 0.3 is 0 Å². The van der Waals surface area contributed by atoms with E-state index in [0.29, 0.717) is 23.1 Å². The normalized spacial score (nSPS) is 10.2. The van der Waals surface area contributed by atoms with Crippen molar-refractivity contribution in [2.45, 2.75) is 13.3 Å². The van der Waals surface area contributed by atoms with Crippen LogP contribution in [0.15, 0.2) is 60.7 Å². The lowest BCUT2D eigenvalue weighted by molar-refractivity contribution is -0.118.